The number of ether oxygens (including phenoxy) is 2. The highest BCUT2D eigenvalue weighted by molar-refractivity contribution is 5.33. The fraction of sp³-hybridized carbons (Fsp3) is 0.667. The average Bonchev–Trinajstić information content (AvgIpc) is 2.95. The number of rotatable bonds is 6. The maximum atomic E-state index is 9.68. The molecule has 1 saturated carbocycles. The lowest BCUT2D eigenvalue weighted by Gasteiger charge is -2.18. The molecule has 3 rings (SSSR count). The molecule has 1 aliphatic heterocycles. The van der Waals surface area contributed by atoms with Crippen molar-refractivity contribution >= 4 is 0 Å². The van der Waals surface area contributed by atoms with Gasteiger partial charge in [-0.3, -0.25) is 4.90 Å². The van der Waals surface area contributed by atoms with Crippen molar-refractivity contribution in [3.63, 3.8) is 0 Å². The fourth-order valence-electron chi connectivity index (χ4n) is 3.75. The van der Waals surface area contributed by atoms with E-state index in [0.717, 1.165) is 44.0 Å². The molecule has 0 aromatic heterocycles. The van der Waals surface area contributed by atoms with Gasteiger partial charge in [0.2, 0.25) is 0 Å². The lowest BCUT2D eigenvalue weighted by atomic mass is 10.0. The Morgan fingerprint density at radius 1 is 1.18 bits per heavy atom. The van der Waals surface area contributed by atoms with Gasteiger partial charge in [0.15, 0.2) is 0 Å². The van der Waals surface area contributed by atoms with E-state index < -0.39 is 0 Å². The summed E-state index contributed by atoms with van der Waals surface area (Å²) in [6, 6.07) is 7.85. The predicted octanol–water partition coefficient (Wildman–Crippen LogP) is 2.56. The van der Waals surface area contributed by atoms with Gasteiger partial charge in [-0.05, 0) is 50.7 Å². The molecule has 1 N–H and O–H groups in total. The number of nitrogens with zero attached hydrogens (tertiary/aromatic N) is 1. The van der Waals surface area contributed by atoms with E-state index >= 15 is 0 Å². The predicted molar refractivity (Wildman–Crippen MR) is 86.4 cm³/mol. The van der Waals surface area contributed by atoms with Gasteiger partial charge in [0, 0.05) is 25.7 Å². The van der Waals surface area contributed by atoms with Crippen LogP contribution in [0.1, 0.15) is 26.7 Å². The summed E-state index contributed by atoms with van der Waals surface area (Å²) in [6.45, 7) is 7.93. The molecule has 0 spiro atoms. The zero-order valence-corrected chi connectivity index (χ0v) is 13.6. The third-order valence-corrected chi connectivity index (χ3v) is 4.66. The number of fused-ring (bicyclic) bond motifs is 1. The van der Waals surface area contributed by atoms with Gasteiger partial charge in [-0.15, -0.1) is 0 Å². The van der Waals surface area contributed by atoms with Crippen LogP contribution < -0.4 is 9.47 Å². The van der Waals surface area contributed by atoms with E-state index in [2.05, 4.69) is 4.90 Å². The Hall–Kier alpha value is -1.26. The average molecular weight is 305 g/mol. The van der Waals surface area contributed by atoms with Crippen molar-refractivity contribution in [3.05, 3.63) is 24.3 Å². The van der Waals surface area contributed by atoms with Crippen molar-refractivity contribution < 1.29 is 14.6 Å². The van der Waals surface area contributed by atoms with Crippen molar-refractivity contribution in [2.24, 2.45) is 11.8 Å². The minimum Gasteiger partial charge on any atom is -0.492 e. The molecule has 2 fully saturated rings. The van der Waals surface area contributed by atoms with E-state index in [9.17, 15) is 5.11 Å². The zero-order valence-electron chi connectivity index (χ0n) is 13.6. The molecule has 0 radical (unpaired) electrons. The van der Waals surface area contributed by atoms with Gasteiger partial charge in [-0.25, -0.2) is 0 Å². The van der Waals surface area contributed by atoms with Crippen LogP contribution in [0.3, 0.4) is 0 Å². The molecule has 122 valence electrons. The second-order valence-electron chi connectivity index (χ2n) is 6.89. The van der Waals surface area contributed by atoms with Crippen molar-refractivity contribution in [1.29, 1.82) is 0 Å². The van der Waals surface area contributed by atoms with E-state index in [4.69, 9.17) is 9.47 Å². The SMILES string of the molecule is CC(C)Oc1cccc(OCCN2C[C@H]3CC(O)C[C@H]3C2)c1. The normalized spacial score (nSPS) is 28.1. The van der Waals surface area contributed by atoms with Gasteiger partial charge in [0.25, 0.3) is 0 Å². The summed E-state index contributed by atoms with van der Waals surface area (Å²) in [6.07, 6.45) is 2.08. The van der Waals surface area contributed by atoms with E-state index in [1.54, 1.807) is 0 Å². The van der Waals surface area contributed by atoms with Crippen LogP contribution in [0.4, 0.5) is 0 Å². The van der Waals surface area contributed by atoms with Gasteiger partial charge in [-0.2, -0.15) is 0 Å². The summed E-state index contributed by atoms with van der Waals surface area (Å²) in [4.78, 5) is 2.47. The van der Waals surface area contributed by atoms with Crippen molar-refractivity contribution in [2.45, 2.75) is 38.9 Å². The quantitative estimate of drug-likeness (QED) is 0.877. The second-order valence-corrected chi connectivity index (χ2v) is 6.89. The fourth-order valence-corrected chi connectivity index (χ4v) is 3.75. The van der Waals surface area contributed by atoms with Gasteiger partial charge in [-0.1, -0.05) is 6.07 Å². The van der Waals surface area contributed by atoms with Crippen LogP contribution in [-0.2, 0) is 0 Å². The molecule has 4 nitrogen and oxygen atoms in total. The Morgan fingerprint density at radius 2 is 1.86 bits per heavy atom. The molecule has 3 atom stereocenters. The lowest BCUT2D eigenvalue weighted by Crippen LogP contribution is -2.27. The van der Waals surface area contributed by atoms with Crippen LogP contribution in [0.15, 0.2) is 24.3 Å². The summed E-state index contributed by atoms with van der Waals surface area (Å²) in [7, 11) is 0. The summed E-state index contributed by atoms with van der Waals surface area (Å²) < 4.78 is 11.5. The first-order valence-electron chi connectivity index (χ1n) is 8.40. The van der Waals surface area contributed by atoms with Gasteiger partial charge < -0.3 is 14.6 Å². The van der Waals surface area contributed by atoms with Gasteiger partial charge in [0.1, 0.15) is 18.1 Å². The van der Waals surface area contributed by atoms with Crippen molar-refractivity contribution in [2.75, 3.05) is 26.2 Å². The number of likely N-dealkylation sites (tertiary alicyclic amines) is 1. The Morgan fingerprint density at radius 3 is 2.55 bits per heavy atom. The van der Waals surface area contributed by atoms with E-state index in [1.807, 2.05) is 38.1 Å². The van der Waals surface area contributed by atoms with Crippen LogP contribution in [0.25, 0.3) is 0 Å². The lowest BCUT2D eigenvalue weighted by molar-refractivity contribution is 0.157. The van der Waals surface area contributed by atoms with E-state index in [0.29, 0.717) is 18.4 Å². The molecule has 0 amide bonds. The molecule has 1 saturated heterocycles. The Kier molecular flexibility index (Phi) is 4.89. The topological polar surface area (TPSA) is 41.9 Å². The van der Waals surface area contributed by atoms with Crippen LogP contribution >= 0.6 is 0 Å². The van der Waals surface area contributed by atoms with Gasteiger partial charge in [0.05, 0.1) is 12.2 Å². The number of hydrogen-bond donors (Lipinski definition) is 1. The van der Waals surface area contributed by atoms with Crippen molar-refractivity contribution in [3.8, 4) is 11.5 Å². The summed E-state index contributed by atoms with van der Waals surface area (Å²) in [5.74, 6) is 3.11. The third kappa shape index (κ3) is 3.93. The minimum atomic E-state index is -0.0582. The summed E-state index contributed by atoms with van der Waals surface area (Å²) in [5.41, 5.74) is 0. The number of aliphatic hydroxyl groups is 1. The number of benzene rings is 1. The first kappa shape index (κ1) is 15.6. The highest BCUT2D eigenvalue weighted by Gasteiger charge is 2.39. The molecular formula is C18H27NO3. The summed E-state index contributed by atoms with van der Waals surface area (Å²) >= 11 is 0. The molecule has 22 heavy (non-hydrogen) atoms. The molecule has 1 aromatic rings. The smallest absolute Gasteiger partial charge is 0.123 e. The molecule has 0 bridgehead atoms. The van der Waals surface area contributed by atoms with E-state index in [-0.39, 0.29) is 12.2 Å². The number of aliphatic hydroxyl groups excluding tert-OH is 1. The van der Waals surface area contributed by atoms with Crippen LogP contribution in [0, 0.1) is 11.8 Å². The number of hydrogen-bond acceptors (Lipinski definition) is 4. The molecule has 1 heterocycles. The van der Waals surface area contributed by atoms with Crippen molar-refractivity contribution in [1.82, 2.24) is 4.90 Å². The monoisotopic (exact) mass is 305 g/mol. The molecular weight excluding hydrogens is 278 g/mol. The maximum absolute atomic E-state index is 9.68. The molecule has 1 unspecified atom stereocenters. The Labute approximate surface area is 133 Å². The zero-order chi connectivity index (χ0) is 15.5. The molecule has 1 aliphatic carbocycles. The highest BCUT2D eigenvalue weighted by atomic mass is 16.5. The highest BCUT2D eigenvalue weighted by Crippen LogP contribution is 2.37. The maximum Gasteiger partial charge on any atom is 0.123 e. The Balaban J connectivity index is 1.42. The standard InChI is InChI=1S/C18H27NO3/c1-13(2)22-18-5-3-4-17(10-18)21-7-6-19-11-14-8-16(20)9-15(14)12-19/h3-5,10,13-16,20H,6-9,11-12H2,1-2H3/t14-,15+,16?. The minimum absolute atomic E-state index is 0.0582. The summed E-state index contributed by atoms with van der Waals surface area (Å²) in [5, 5.41) is 9.68. The second kappa shape index (κ2) is 6.88. The largest absolute Gasteiger partial charge is 0.492 e. The first-order chi connectivity index (χ1) is 10.6. The van der Waals surface area contributed by atoms with Crippen LogP contribution in [0.2, 0.25) is 0 Å². The third-order valence-electron chi connectivity index (χ3n) is 4.66. The van der Waals surface area contributed by atoms with Gasteiger partial charge >= 0.3 is 0 Å². The van der Waals surface area contributed by atoms with Crippen LogP contribution in [0.5, 0.6) is 11.5 Å². The first-order valence-corrected chi connectivity index (χ1v) is 8.40. The van der Waals surface area contributed by atoms with E-state index in [1.165, 1.54) is 0 Å². The molecule has 4 heteroatoms. The van der Waals surface area contributed by atoms with Crippen LogP contribution in [-0.4, -0.2) is 48.5 Å². The molecule has 1 aromatic carbocycles. The Bertz CT molecular complexity index is 477. The molecule has 2 aliphatic rings.